The van der Waals surface area contributed by atoms with Crippen LogP contribution in [0.3, 0.4) is 0 Å². The van der Waals surface area contributed by atoms with Crippen LogP contribution in [0, 0.1) is 0 Å². The summed E-state index contributed by atoms with van der Waals surface area (Å²) in [5.74, 6) is -1.48. The van der Waals surface area contributed by atoms with Gasteiger partial charge in [-0.15, -0.1) is 0 Å². The molecule has 0 aromatic carbocycles. The van der Waals surface area contributed by atoms with E-state index in [0.717, 1.165) is 0 Å². The first kappa shape index (κ1) is 10.2. The summed E-state index contributed by atoms with van der Waals surface area (Å²) in [5, 5.41) is 10.9. The molecule has 5 heteroatoms. The van der Waals surface area contributed by atoms with E-state index < -0.39 is 17.9 Å². The Morgan fingerprint density at radius 1 is 1.43 bits per heavy atom. The number of carboxylic acids is 1. The number of carboxylic acid groups (broad SMARTS) is 1. The van der Waals surface area contributed by atoms with Crippen molar-refractivity contribution in [1.82, 2.24) is 10.3 Å². The smallest absolute Gasteiger partial charge is 0.325 e. The van der Waals surface area contributed by atoms with Crippen molar-refractivity contribution in [2.45, 2.75) is 13.0 Å². The fourth-order valence-corrected chi connectivity index (χ4v) is 0.845. The van der Waals surface area contributed by atoms with Crippen molar-refractivity contribution in [3.05, 3.63) is 30.1 Å². The Labute approximate surface area is 80.8 Å². The van der Waals surface area contributed by atoms with Crippen LogP contribution in [-0.2, 0) is 4.79 Å². The predicted octanol–water partition coefficient (Wildman–Crippen LogP) is 0.284. The van der Waals surface area contributed by atoms with Gasteiger partial charge < -0.3 is 10.4 Å². The maximum Gasteiger partial charge on any atom is 0.325 e. The number of hydrogen-bond acceptors (Lipinski definition) is 3. The molecule has 5 nitrogen and oxygen atoms in total. The molecule has 1 aromatic rings. The van der Waals surface area contributed by atoms with Gasteiger partial charge in [-0.2, -0.15) is 0 Å². The molecule has 0 saturated carbocycles. The van der Waals surface area contributed by atoms with Crippen LogP contribution in [0.2, 0.25) is 0 Å². The molecule has 1 amide bonds. The van der Waals surface area contributed by atoms with Gasteiger partial charge in [0.05, 0.1) is 0 Å². The highest BCUT2D eigenvalue weighted by Gasteiger charge is 2.14. The standard InChI is InChI=1S/C9H10N2O3/c1-6(9(13)14)11-8(12)7-2-4-10-5-3-7/h2-6H,1H3,(H,11,12)(H,13,14)/t6-/m0/s1. The largest absolute Gasteiger partial charge is 0.480 e. The molecule has 0 saturated heterocycles. The number of pyridine rings is 1. The van der Waals surface area contributed by atoms with Gasteiger partial charge in [0, 0.05) is 18.0 Å². The molecule has 2 N–H and O–H groups in total. The van der Waals surface area contributed by atoms with E-state index in [2.05, 4.69) is 10.3 Å². The van der Waals surface area contributed by atoms with Gasteiger partial charge in [0.15, 0.2) is 0 Å². The Balaban J connectivity index is 2.64. The normalized spacial score (nSPS) is 11.8. The number of hydrogen-bond donors (Lipinski definition) is 2. The number of nitrogens with one attached hydrogen (secondary N) is 1. The van der Waals surface area contributed by atoms with Crippen LogP contribution in [0.5, 0.6) is 0 Å². The highest BCUT2D eigenvalue weighted by atomic mass is 16.4. The third kappa shape index (κ3) is 2.55. The summed E-state index contributed by atoms with van der Waals surface area (Å²) in [6, 6.07) is 2.14. The molecule has 0 aliphatic heterocycles. The highest BCUT2D eigenvalue weighted by molar-refractivity contribution is 5.96. The minimum Gasteiger partial charge on any atom is -0.480 e. The molecule has 0 aliphatic carbocycles. The number of amides is 1. The quantitative estimate of drug-likeness (QED) is 0.724. The molecule has 74 valence electrons. The molecule has 1 atom stereocenters. The lowest BCUT2D eigenvalue weighted by Crippen LogP contribution is -2.38. The number of aliphatic carboxylic acids is 1. The molecular weight excluding hydrogens is 184 g/mol. The van der Waals surface area contributed by atoms with E-state index in [0.29, 0.717) is 5.56 Å². The molecule has 1 aromatic heterocycles. The average molecular weight is 194 g/mol. The van der Waals surface area contributed by atoms with Gasteiger partial charge in [0.1, 0.15) is 6.04 Å². The molecule has 14 heavy (non-hydrogen) atoms. The fourth-order valence-electron chi connectivity index (χ4n) is 0.845. The second-order valence-electron chi connectivity index (χ2n) is 2.77. The first-order valence-electron chi connectivity index (χ1n) is 4.05. The van der Waals surface area contributed by atoms with Crippen molar-refractivity contribution < 1.29 is 14.7 Å². The van der Waals surface area contributed by atoms with Crippen molar-refractivity contribution in [2.75, 3.05) is 0 Å². The number of rotatable bonds is 3. The Kier molecular flexibility index (Phi) is 3.17. The summed E-state index contributed by atoms with van der Waals surface area (Å²) in [4.78, 5) is 25.5. The second kappa shape index (κ2) is 4.36. The van der Waals surface area contributed by atoms with Crippen LogP contribution in [0.15, 0.2) is 24.5 Å². The summed E-state index contributed by atoms with van der Waals surface area (Å²) in [7, 11) is 0. The third-order valence-corrected chi connectivity index (χ3v) is 1.66. The summed E-state index contributed by atoms with van der Waals surface area (Å²) >= 11 is 0. The summed E-state index contributed by atoms with van der Waals surface area (Å²) < 4.78 is 0. The number of aromatic nitrogens is 1. The van der Waals surface area contributed by atoms with E-state index in [1.807, 2.05) is 0 Å². The second-order valence-corrected chi connectivity index (χ2v) is 2.77. The topological polar surface area (TPSA) is 79.3 Å². The monoisotopic (exact) mass is 194 g/mol. The Morgan fingerprint density at radius 3 is 2.50 bits per heavy atom. The molecule has 0 bridgehead atoms. The zero-order valence-corrected chi connectivity index (χ0v) is 7.60. The van der Waals surface area contributed by atoms with Gasteiger partial charge in [-0.05, 0) is 19.1 Å². The zero-order valence-electron chi connectivity index (χ0n) is 7.60. The SMILES string of the molecule is C[C@H](NC(=O)c1ccncc1)C(=O)O. The van der Waals surface area contributed by atoms with Crippen molar-refractivity contribution in [3.63, 3.8) is 0 Å². The minimum atomic E-state index is -1.06. The van der Waals surface area contributed by atoms with Gasteiger partial charge in [0.2, 0.25) is 0 Å². The number of carbonyl (C=O) groups excluding carboxylic acids is 1. The van der Waals surface area contributed by atoms with Crippen molar-refractivity contribution in [1.29, 1.82) is 0 Å². The Bertz CT molecular complexity index is 337. The number of nitrogens with zero attached hydrogens (tertiary/aromatic N) is 1. The van der Waals surface area contributed by atoms with Crippen molar-refractivity contribution in [3.8, 4) is 0 Å². The van der Waals surface area contributed by atoms with Gasteiger partial charge in [-0.1, -0.05) is 0 Å². The lowest BCUT2D eigenvalue weighted by atomic mass is 10.2. The molecule has 0 spiro atoms. The Morgan fingerprint density at radius 2 is 2.00 bits per heavy atom. The van der Waals surface area contributed by atoms with Crippen molar-refractivity contribution in [2.24, 2.45) is 0 Å². The van der Waals surface area contributed by atoms with Crippen LogP contribution in [0.4, 0.5) is 0 Å². The molecule has 0 unspecified atom stereocenters. The third-order valence-electron chi connectivity index (χ3n) is 1.66. The van der Waals surface area contributed by atoms with Crippen LogP contribution < -0.4 is 5.32 Å². The molecule has 0 aliphatic rings. The molecular formula is C9H10N2O3. The molecule has 1 heterocycles. The summed E-state index contributed by atoms with van der Waals surface area (Å²) in [5.41, 5.74) is 0.396. The van der Waals surface area contributed by atoms with Crippen molar-refractivity contribution >= 4 is 11.9 Å². The van der Waals surface area contributed by atoms with Gasteiger partial charge >= 0.3 is 5.97 Å². The molecule has 1 rings (SSSR count). The maximum absolute atomic E-state index is 11.4. The fraction of sp³-hybridized carbons (Fsp3) is 0.222. The first-order chi connectivity index (χ1) is 6.61. The minimum absolute atomic E-state index is 0.396. The maximum atomic E-state index is 11.4. The predicted molar refractivity (Wildman–Crippen MR) is 48.8 cm³/mol. The van der Waals surface area contributed by atoms with E-state index in [4.69, 9.17) is 5.11 Å². The summed E-state index contributed by atoms with van der Waals surface area (Å²) in [6.45, 7) is 1.40. The number of carbonyl (C=O) groups is 2. The molecule has 0 radical (unpaired) electrons. The Hall–Kier alpha value is -1.91. The van der Waals surface area contributed by atoms with Crippen LogP contribution in [0.25, 0.3) is 0 Å². The molecule has 0 fully saturated rings. The van der Waals surface area contributed by atoms with Crippen LogP contribution in [0.1, 0.15) is 17.3 Å². The van der Waals surface area contributed by atoms with E-state index in [-0.39, 0.29) is 0 Å². The first-order valence-corrected chi connectivity index (χ1v) is 4.05. The van der Waals surface area contributed by atoms with Crippen LogP contribution >= 0.6 is 0 Å². The van der Waals surface area contributed by atoms with E-state index in [1.165, 1.54) is 31.5 Å². The highest BCUT2D eigenvalue weighted by Crippen LogP contribution is 1.96. The zero-order chi connectivity index (χ0) is 10.6. The van der Waals surface area contributed by atoms with E-state index in [1.54, 1.807) is 0 Å². The van der Waals surface area contributed by atoms with Gasteiger partial charge in [0.25, 0.3) is 5.91 Å². The van der Waals surface area contributed by atoms with Gasteiger partial charge in [-0.25, -0.2) is 0 Å². The lowest BCUT2D eigenvalue weighted by Gasteiger charge is -2.08. The van der Waals surface area contributed by atoms with Gasteiger partial charge in [-0.3, -0.25) is 14.6 Å². The van der Waals surface area contributed by atoms with Crippen LogP contribution in [-0.4, -0.2) is 28.0 Å². The van der Waals surface area contributed by atoms with E-state index >= 15 is 0 Å². The summed E-state index contributed by atoms with van der Waals surface area (Å²) in [6.07, 6.45) is 2.95. The lowest BCUT2D eigenvalue weighted by molar-refractivity contribution is -0.138. The van der Waals surface area contributed by atoms with E-state index in [9.17, 15) is 9.59 Å². The average Bonchev–Trinajstić information content (AvgIpc) is 2.19.